The number of fused-ring (bicyclic) bond motifs is 1. The summed E-state index contributed by atoms with van der Waals surface area (Å²) in [5, 5.41) is 6.89. The zero-order chi connectivity index (χ0) is 13.2. The highest BCUT2D eigenvalue weighted by Crippen LogP contribution is 2.44. The van der Waals surface area contributed by atoms with E-state index in [2.05, 4.69) is 34.4 Å². The van der Waals surface area contributed by atoms with Gasteiger partial charge in [0.15, 0.2) is 0 Å². The van der Waals surface area contributed by atoms with Crippen molar-refractivity contribution in [2.75, 3.05) is 10.6 Å². The first kappa shape index (κ1) is 12.7. The van der Waals surface area contributed by atoms with Crippen LogP contribution in [-0.2, 0) is 0 Å². The average Bonchev–Trinajstić information content (AvgIpc) is 2.94. The largest absolute Gasteiger partial charge is 0.368 e. The normalized spacial score (nSPS) is 29.5. The van der Waals surface area contributed by atoms with Crippen LogP contribution in [0.15, 0.2) is 12.3 Å². The number of anilines is 2. The molecule has 0 aromatic carbocycles. The van der Waals surface area contributed by atoms with Gasteiger partial charge in [-0.15, -0.1) is 0 Å². The molecule has 0 amide bonds. The third kappa shape index (κ3) is 2.82. The molecule has 104 valence electrons. The Balaban J connectivity index is 1.66. The van der Waals surface area contributed by atoms with Gasteiger partial charge in [-0.25, -0.2) is 4.98 Å². The lowest BCUT2D eigenvalue weighted by atomic mass is 9.98. The van der Waals surface area contributed by atoms with Crippen LogP contribution >= 0.6 is 0 Å². The van der Waals surface area contributed by atoms with Gasteiger partial charge in [-0.3, -0.25) is 0 Å². The van der Waals surface area contributed by atoms with E-state index in [9.17, 15) is 0 Å². The Labute approximate surface area is 115 Å². The summed E-state index contributed by atoms with van der Waals surface area (Å²) in [4.78, 5) is 8.92. The second-order valence-electron chi connectivity index (χ2n) is 6.25. The first-order valence-electron chi connectivity index (χ1n) is 7.58. The number of hydrogen-bond acceptors (Lipinski definition) is 4. The van der Waals surface area contributed by atoms with Crippen molar-refractivity contribution in [3.8, 4) is 0 Å². The summed E-state index contributed by atoms with van der Waals surface area (Å²) in [5.41, 5.74) is 0. The fraction of sp³-hybridized carbons (Fsp3) is 0.733. The fourth-order valence-electron chi connectivity index (χ4n) is 3.71. The Morgan fingerprint density at radius 2 is 2.11 bits per heavy atom. The summed E-state index contributed by atoms with van der Waals surface area (Å²) in [7, 11) is 0. The molecule has 0 saturated heterocycles. The van der Waals surface area contributed by atoms with Gasteiger partial charge in [0.1, 0.15) is 5.82 Å². The number of aromatic nitrogens is 2. The van der Waals surface area contributed by atoms with Crippen LogP contribution in [0.2, 0.25) is 0 Å². The van der Waals surface area contributed by atoms with E-state index >= 15 is 0 Å². The van der Waals surface area contributed by atoms with Gasteiger partial charge in [-0.05, 0) is 51.0 Å². The minimum absolute atomic E-state index is 0.397. The summed E-state index contributed by atoms with van der Waals surface area (Å²) < 4.78 is 0. The number of nitrogens with zero attached hydrogens (tertiary/aromatic N) is 2. The molecule has 19 heavy (non-hydrogen) atoms. The van der Waals surface area contributed by atoms with E-state index in [1.54, 1.807) is 0 Å². The Hall–Kier alpha value is -1.32. The average molecular weight is 260 g/mol. The van der Waals surface area contributed by atoms with Gasteiger partial charge in [0.05, 0.1) is 0 Å². The number of rotatable bonds is 4. The zero-order valence-corrected chi connectivity index (χ0v) is 11.9. The predicted molar refractivity (Wildman–Crippen MR) is 78.3 cm³/mol. The van der Waals surface area contributed by atoms with E-state index in [0.29, 0.717) is 12.1 Å². The molecule has 2 aliphatic rings. The van der Waals surface area contributed by atoms with E-state index in [1.165, 1.54) is 32.1 Å². The molecule has 2 N–H and O–H groups in total. The van der Waals surface area contributed by atoms with Crippen LogP contribution in [0.4, 0.5) is 11.8 Å². The molecule has 0 bridgehead atoms. The quantitative estimate of drug-likeness (QED) is 0.872. The van der Waals surface area contributed by atoms with Crippen molar-refractivity contribution in [3.63, 3.8) is 0 Å². The van der Waals surface area contributed by atoms with Gasteiger partial charge in [0, 0.05) is 18.3 Å². The van der Waals surface area contributed by atoms with Crippen LogP contribution in [0, 0.1) is 11.8 Å². The first-order valence-corrected chi connectivity index (χ1v) is 7.58. The van der Waals surface area contributed by atoms with Crippen molar-refractivity contribution in [3.05, 3.63) is 12.3 Å². The van der Waals surface area contributed by atoms with Crippen LogP contribution in [-0.4, -0.2) is 22.1 Å². The molecular weight excluding hydrogens is 236 g/mol. The van der Waals surface area contributed by atoms with Crippen LogP contribution in [0.1, 0.15) is 46.0 Å². The lowest BCUT2D eigenvalue weighted by Crippen LogP contribution is -2.25. The molecular formula is C15H24N4. The Morgan fingerprint density at radius 3 is 2.95 bits per heavy atom. The molecule has 0 aliphatic heterocycles. The number of hydrogen-bond donors (Lipinski definition) is 2. The van der Waals surface area contributed by atoms with E-state index in [1.807, 2.05) is 12.3 Å². The second-order valence-corrected chi connectivity index (χ2v) is 6.25. The van der Waals surface area contributed by atoms with E-state index in [-0.39, 0.29) is 0 Å². The van der Waals surface area contributed by atoms with E-state index < -0.39 is 0 Å². The molecule has 0 radical (unpaired) electrons. The third-order valence-corrected chi connectivity index (χ3v) is 4.49. The second kappa shape index (κ2) is 5.35. The third-order valence-electron chi connectivity index (χ3n) is 4.49. The molecule has 1 heterocycles. The van der Waals surface area contributed by atoms with Crippen molar-refractivity contribution in [1.29, 1.82) is 0 Å². The van der Waals surface area contributed by atoms with Crippen molar-refractivity contribution >= 4 is 11.8 Å². The lowest BCUT2D eigenvalue weighted by Gasteiger charge is -2.20. The van der Waals surface area contributed by atoms with E-state index in [0.717, 1.165) is 23.6 Å². The van der Waals surface area contributed by atoms with Gasteiger partial charge in [-0.1, -0.05) is 12.8 Å². The first-order chi connectivity index (χ1) is 9.22. The van der Waals surface area contributed by atoms with Gasteiger partial charge in [0.2, 0.25) is 5.95 Å². The minimum atomic E-state index is 0.397. The Morgan fingerprint density at radius 1 is 1.21 bits per heavy atom. The molecule has 3 atom stereocenters. The van der Waals surface area contributed by atoms with Crippen molar-refractivity contribution < 1.29 is 0 Å². The predicted octanol–water partition coefficient (Wildman–Crippen LogP) is 3.29. The monoisotopic (exact) mass is 260 g/mol. The standard InChI is InChI=1S/C15H24N4/c1-10(2)17-14-8-9-16-15(19-14)18-13-7-6-11-4-3-5-12(11)13/h8-13H,3-7H2,1-2H3,(H2,16,17,18,19)/t11-,12-,13-/m0/s1. The van der Waals surface area contributed by atoms with Crippen molar-refractivity contribution in [2.24, 2.45) is 11.8 Å². The van der Waals surface area contributed by atoms with Crippen LogP contribution in [0.25, 0.3) is 0 Å². The van der Waals surface area contributed by atoms with Crippen LogP contribution in [0.3, 0.4) is 0 Å². The van der Waals surface area contributed by atoms with Crippen LogP contribution in [0.5, 0.6) is 0 Å². The maximum absolute atomic E-state index is 4.56. The molecule has 2 aliphatic carbocycles. The summed E-state index contributed by atoms with van der Waals surface area (Å²) in [6, 6.07) is 2.91. The summed E-state index contributed by atoms with van der Waals surface area (Å²) in [6.45, 7) is 4.24. The molecule has 0 unspecified atom stereocenters. The molecule has 4 heteroatoms. The summed E-state index contributed by atoms with van der Waals surface area (Å²) >= 11 is 0. The molecule has 2 saturated carbocycles. The molecule has 1 aromatic heterocycles. The molecule has 1 aromatic rings. The maximum Gasteiger partial charge on any atom is 0.224 e. The molecule has 0 spiro atoms. The number of nitrogens with one attached hydrogen (secondary N) is 2. The SMILES string of the molecule is CC(C)Nc1ccnc(N[C@H]2CC[C@@H]3CCC[C@@H]32)n1. The van der Waals surface area contributed by atoms with Crippen molar-refractivity contribution in [1.82, 2.24) is 9.97 Å². The fourth-order valence-corrected chi connectivity index (χ4v) is 3.71. The highest BCUT2D eigenvalue weighted by Gasteiger charge is 2.39. The zero-order valence-electron chi connectivity index (χ0n) is 11.9. The smallest absolute Gasteiger partial charge is 0.224 e. The topological polar surface area (TPSA) is 49.8 Å². The van der Waals surface area contributed by atoms with Crippen LogP contribution < -0.4 is 10.6 Å². The molecule has 4 nitrogen and oxygen atoms in total. The summed E-state index contributed by atoms with van der Waals surface area (Å²) in [5.74, 6) is 3.50. The van der Waals surface area contributed by atoms with Gasteiger partial charge >= 0.3 is 0 Å². The van der Waals surface area contributed by atoms with E-state index in [4.69, 9.17) is 0 Å². The maximum atomic E-state index is 4.56. The van der Waals surface area contributed by atoms with Gasteiger partial charge in [0.25, 0.3) is 0 Å². The lowest BCUT2D eigenvalue weighted by molar-refractivity contribution is 0.434. The van der Waals surface area contributed by atoms with Gasteiger partial charge in [-0.2, -0.15) is 4.98 Å². The molecule has 2 fully saturated rings. The molecule has 3 rings (SSSR count). The van der Waals surface area contributed by atoms with Crippen molar-refractivity contribution in [2.45, 2.75) is 58.0 Å². The minimum Gasteiger partial charge on any atom is -0.368 e. The summed E-state index contributed by atoms with van der Waals surface area (Å²) in [6.07, 6.45) is 8.71. The highest BCUT2D eigenvalue weighted by molar-refractivity contribution is 5.40. The van der Waals surface area contributed by atoms with Gasteiger partial charge < -0.3 is 10.6 Å². The highest BCUT2D eigenvalue weighted by atomic mass is 15.2. The Bertz CT molecular complexity index is 432. The Kier molecular flexibility index (Phi) is 3.58.